The van der Waals surface area contributed by atoms with Crippen molar-refractivity contribution in [1.82, 2.24) is 0 Å². The summed E-state index contributed by atoms with van der Waals surface area (Å²) < 4.78 is 32.5. The second kappa shape index (κ2) is 6.70. The Hall–Kier alpha value is -1.90. The highest BCUT2D eigenvalue weighted by Crippen LogP contribution is 2.15. The van der Waals surface area contributed by atoms with E-state index in [1.165, 1.54) is 35.6 Å². The smallest absolute Gasteiger partial charge is 0.348 e. The third-order valence-electron chi connectivity index (χ3n) is 2.46. The lowest BCUT2D eigenvalue weighted by molar-refractivity contribution is 0.0456. The molecular weight excluding hydrogens is 314 g/mol. The number of rotatable bonds is 6. The van der Waals surface area contributed by atoms with Crippen LogP contribution in [0.2, 0.25) is 0 Å². The van der Waals surface area contributed by atoms with Crippen LogP contribution in [0.5, 0.6) is 5.75 Å². The molecule has 0 bridgehead atoms. The van der Waals surface area contributed by atoms with Gasteiger partial charge in [0.15, 0.2) is 0 Å². The Bertz CT molecular complexity index is 693. The maximum Gasteiger partial charge on any atom is 0.348 e. The zero-order chi connectivity index (χ0) is 15.3. The monoisotopic (exact) mass is 327 g/mol. The molecule has 0 unspecified atom stereocenters. The lowest BCUT2D eigenvalue weighted by atomic mass is 10.3. The molecule has 21 heavy (non-hydrogen) atoms. The average Bonchev–Trinajstić information content (AvgIpc) is 2.97. The maximum absolute atomic E-state index is 11.5. The number of benzene rings is 1. The van der Waals surface area contributed by atoms with Gasteiger partial charge >= 0.3 is 5.97 Å². The molecule has 1 aromatic heterocycles. The van der Waals surface area contributed by atoms with Crippen molar-refractivity contribution < 1.29 is 22.7 Å². The van der Waals surface area contributed by atoms with Gasteiger partial charge in [0.05, 0.1) is 4.90 Å². The van der Waals surface area contributed by atoms with E-state index in [0.29, 0.717) is 10.6 Å². The van der Waals surface area contributed by atoms with Crippen molar-refractivity contribution in [2.24, 2.45) is 5.14 Å². The van der Waals surface area contributed by atoms with E-state index in [9.17, 15) is 13.2 Å². The summed E-state index contributed by atoms with van der Waals surface area (Å²) >= 11 is 1.31. The van der Waals surface area contributed by atoms with Crippen molar-refractivity contribution in [3.63, 3.8) is 0 Å². The highest BCUT2D eigenvalue weighted by Gasteiger charge is 2.08. The number of hydrogen-bond donors (Lipinski definition) is 1. The quantitative estimate of drug-likeness (QED) is 0.642. The Balaban J connectivity index is 1.78. The minimum absolute atomic E-state index is 0.0129. The minimum atomic E-state index is -3.70. The molecule has 0 atom stereocenters. The van der Waals surface area contributed by atoms with E-state index in [1.54, 1.807) is 17.5 Å². The molecule has 112 valence electrons. The van der Waals surface area contributed by atoms with Gasteiger partial charge in [-0.25, -0.2) is 18.4 Å². The standard InChI is InChI=1S/C13H13NO5S2/c14-21(16,17)11-5-3-10(4-6-11)18-7-8-19-13(15)12-2-1-9-20-12/h1-6,9H,7-8H2,(H2,14,16,17). The van der Waals surface area contributed by atoms with Crippen LogP contribution in [0.1, 0.15) is 9.67 Å². The van der Waals surface area contributed by atoms with Crippen molar-refractivity contribution in [2.75, 3.05) is 13.2 Å². The van der Waals surface area contributed by atoms with Gasteiger partial charge in [-0.05, 0) is 35.7 Å². The maximum atomic E-state index is 11.5. The van der Waals surface area contributed by atoms with E-state index in [4.69, 9.17) is 14.6 Å². The fraction of sp³-hybridized carbons (Fsp3) is 0.154. The first-order chi connectivity index (χ1) is 9.97. The van der Waals surface area contributed by atoms with E-state index in [1.807, 2.05) is 0 Å². The van der Waals surface area contributed by atoms with Gasteiger partial charge in [0, 0.05) is 0 Å². The number of sulfonamides is 1. The van der Waals surface area contributed by atoms with E-state index < -0.39 is 16.0 Å². The molecule has 0 fully saturated rings. The second-order valence-electron chi connectivity index (χ2n) is 3.98. The van der Waals surface area contributed by atoms with Gasteiger partial charge in [-0.1, -0.05) is 6.07 Å². The number of ether oxygens (including phenoxy) is 2. The summed E-state index contributed by atoms with van der Waals surface area (Å²) in [6.45, 7) is 0.277. The molecule has 1 aromatic carbocycles. The molecule has 0 saturated heterocycles. The van der Waals surface area contributed by atoms with Crippen LogP contribution in [0.4, 0.5) is 0 Å². The molecule has 1 heterocycles. The first-order valence-electron chi connectivity index (χ1n) is 5.93. The van der Waals surface area contributed by atoms with Gasteiger partial charge < -0.3 is 9.47 Å². The van der Waals surface area contributed by atoms with E-state index >= 15 is 0 Å². The zero-order valence-corrected chi connectivity index (χ0v) is 12.5. The number of esters is 1. The Morgan fingerprint density at radius 2 is 1.86 bits per heavy atom. The van der Waals surface area contributed by atoms with E-state index in [2.05, 4.69) is 0 Å². The first-order valence-corrected chi connectivity index (χ1v) is 8.36. The van der Waals surface area contributed by atoms with Crippen molar-refractivity contribution >= 4 is 27.3 Å². The summed E-state index contributed by atoms with van der Waals surface area (Å²) in [6, 6.07) is 9.12. The van der Waals surface area contributed by atoms with Crippen LogP contribution < -0.4 is 9.88 Å². The van der Waals surface area contributed by atoms with Crippen LogP contribution in [0.15, 0.2) is 46.7 Å². The van der Waals surface area contributed by atoms with E-state index in [-0.39, 0.29) is 18.1 Å². The number of carbonyl (C=O) groups is 1. The Morgan fingerprint density at radius 3 is 2.43 bits per heavy atom. The number of carbonyl (C=O) groups excluding carboxylic acids is 1. The molecule has 2 aromatic rings. The SMILES string of the molecule is NS(=O)(=O)c1ccc(OCCOC(=O)c2cccs2)cc1. The predicted octanol–water partition coefficient (Wildman–Crippen LogP) is 1.63. The first kappa shape index (κ1) is 15.5. The predicted molar refractivity (Wildman–Crippen MR) is 77.9 cm³/mol. The lowest BCUT2D eigenvalue weighted by Gasteiger charge is -2.07. The van der Waals surface area contributed by atoms with Crippen molar-refractivity contribution in [3.8, 4) is 5.75 Å². The Morgan fingerprint density at radius 1 is 1.14 bits per heavy atom. The van der Waals surface area contributed by atoms with Crippen molar-refractivity contribution in [2.45, 2.75) is 4.90 Å². The van der Waals surface area contributed by atoms with Crippen LogP contribution in [-0.4, -0.2) is 27.6 Å². The second-order valence-corrected chi connectivity index (χ2v) is 6.49. The van der Waals surface area contributed by atoms with Gasteiger partial charge in [-0.15, -0.1) is 11.3 Å². The average molecular weight is 327 g/mol. The molecule has 0 aliphatic carbocycles. The minimum Gasteiger partial charge on any atom is -0.490 e. The Kier molecular flexibility index (Phi) is 4.94. The molecule has 0 amide bonds. The van der Waals surface area contributed by atoms with Gasteiger partial charge in [-0.3, -0.25) is 0 Å². The number of hydrogen-bond acceptors (Lipinski definition) is 6. The summed E-state index contributed by atoms with van der Waals surface area (Å²) in [5.41, 5.74) is 0. The summed E-state index contributed by atoms with van der Waals surface area (Å²) in [5.74, 6) is 0.0766. The van der Waals surface area contributed by atoms with Gasteiger partial charge in [0.1, 0.15) is 23.8 Å². The Labute approximate surface area is 126 Å². The molecule has 8 heteroatoms. The zero-order valence-electron chi connectivity index (χ0n) is 10.9. The summed E-state index contributed by atoms with van der Waals surface area (Å²) in [4.78, 5) is 12.1. The molecule has 6 nitrogen and oxygen atoms in total. The van der Waals surface area contributed by atoms with Gasteiger partial charge in [-0.2, -0.15) is 0 Å². The van der Waals surface area contributed by atoms with E-state index in [0.717, 1.165) is 0 Å². The van der Waals surface area contributed by atoms with Crippen LogP contribution in [0.3, 0.4) is 0 Å². The highest BCUT2D eigenvalue weighted by molar-refractivity contribution is 7.89. The lowest BCUT2D eigenvalue weighted by Crippen LogP contribution is -2.13. The summed E-state index contributed by atoms with van der Waals surface area (Å²) in [6.07, 6.45) is 0. The summed E-state index contributed by atoms with van der Waals surface area (Å²) in [5, 5.41) is 6.77. The topological polar surface area (TPSA) is 95.7 Å². The van der Waals surface area contributed by atoms with Crippen LogP contribution in [0.25, 0.3) is 0 Å². The fourth-order valence-electron chi connectivity index (χ4n) is 1.49. The molecule has 0 aliphatic heterocycles. The van der Waals surface area contributed by atoms with Crippen LogP contribution in [0, 0.1) is 0 Å². The largest absolute Gasteiger partial charge is 0.490 e. The van der Waals surface area contributed by atoms with Crippen LogP contribution in [-0.2, 0) is 14.8 Å². The number of primary sulfonamides is 1. The molecule has 0 saturated carbocycles. The third-order valence-corrected chi connectivity index (χ3v) is 4.24. The molecule has 0 spiro atoms. The van der Waals surface area contributed by atoms with Gasteiger partial charge in [0.2, 0.25) is 10.0 Å². The van der Waals surface area contributed by atoms with Gasteiger partial charge in [0.25, 0.3) is 0 Å². The molecule has 0 aliphatic rings. The summed E-state index contributed by atoms with van der Waals surface area (Å²) in [7, 11) is -3.70. The van der Waals surface area contributed by atoms with Crippen LogP contribution >= 0.6 is 11.3 Å². The molecular formula is C13H13NO5S2. The van der Waals surface area contributed by atoms with Crippen molar-refractivity contribution in [1.29, 1.82) is 0 Å². The number of thiophene rings is 1. The fourth-order valence-corrected chi connectivity index (χ4v) is 2.62. The number of nitrogens with two attached hydrogens (primary N) is 1. The normalized spacial score (nSPS) is 11.1. The molecule has 2 N–H and O–H groups in total. The van der Waals surface area contributed by atoms with Crippen molar-refractivity contribution in [3.05, 3.63) is 46.7 Å². The molecule has 0 radical (unpaired) electrons. The molecule has 2 rings (SSSR count). The third kappa shape index (κ3) is 4.55. The highest BCUT2D eigenvalue weighted by atomic mass is 32.2.